The zero-order valence-corrected chi connectivity index (χ0v) is 9.48. The molecule has 6 nitrogen and oxygen atoms in total. The minimum atomic E-state index is -0.350. The Hall–Kier alpha value is -2.37. The van der Waals surface area contributed by atoms with Gasteiger partial charge in [0.15, 0.2) is 0 Å². The zero-order chi connectivity index (χ0) is 12.4. The Morgan fingerprint density at radius 1 is 1.41 bits per heavy atom. The van der Waals surface area contributed by atoms with Gasteiger partial charge < -0.3 is 5.11 Å². The van der Waals surface area contributed by atoms with E-state index in [1.54, 1.807) is 26.0 Å². The lowest BCUT2D eigenvalue weighted by atomic mass is 10.1. The van der Waals surface area contributed by atoms with Crippen molar-refractivity contribution < 1.29 is 9.90 Å². The molecule has 0 aliphatic carbocycles. The lowest BCUT2D eigenvalue weighted by Crippen LogP contribution is -2.14. The molecule has 0 spiro atoms. The van der Waals surface area contributed by atoms with E-state index in [2.05, 4.69) is 20.5 Å². The number of phenolic OH excluding ortho intramolecular Hbond substituents is 1. The van der Waals surface area contributed by atoms with Crippen LogP contribution in [0.25, 0.3) is 0 Å². The van der Waals surface area contributed by atoms with Crippen LogP contribution in [0.5, 0.6) is 5.75 Å². The SMILES string of the molecule is Cc1nc(NC(=O)c2cccc(O)c2C)n[nH]1. The zero-order valence-electron chi connectivity index (χ0n) is 9.48. The Labute approximate surface area is 97.7 Å². The molecule has 0 bridgehead atoms. The second-order valence-electron chi connectivity index (χ2n) is 3.65. The first kappa shape index (κ1) is 11.1. The average Bonchev–Trinajstić information content (AvgIpc) is 2.68. The number of phenols is 1. The molecule has 0 unspecified atom stereocenters. The summed E-state index contributed by atoms with van der Waals surface area (Å²) in [6.45, 7) is 3.41. The van der Waals surface area contributed by atoms with Crippen LogP contribution >= 0.6 is 0 Å². The normalized spacial score (nSPS) is 10.2. The molecule has 0 aliphatic heterocycles. The molecule has 1 amide bonds. The van der Waals surface area contributed by atoms with Crippen molar-refractivity contribution in [2.45, 2.75) is 13.8 Å². The van der Waals surface area contributed by atoms with Gasteiger partial charge >= 0.3 is 0 Å². The van der Waals surface area contributed by atoms with E-state index >= 15 is 0 Å². The summed E-state index contributed by atoms with van der Waals surface area (Å²) in [5, 5.41) is 18.5. The van der Waals surface area contributed by atoms with Gasteiger partial charge in [-0.2, -0.15) is 4.98 Å². The van der Waals surface area contributed by atoms with Gasteiger partial charge in [0, 0.05) is 11.1 Å². The molecule has 0 saturated heterocycles. The predicted molar refractivity (Wildman–Crippen MR) is 61.9 cm³/mol. The number of hydrogen-bond acceptors (Lipinski definition) is 4. The number of benzene rings is 1. The third kappa shape index (κ3) is 2.25. The first-order chi connectivity index (χ1) is 8.08. The first-order valence-electron chi connectivity index (χ1n) is 5.07. The van der Waals surface area contributed by atoms with Gasteiger partial charge in [0.2, 0.25) is 5.95 Å². The van der Waals surface area contributed by atoms with Crippen LogP contribution in [-0.2, 0) is 0 Å². The van der Waals surface area contributed by atoms with Crippen LogP contribution in [0.1, 0.15) is 21.7 Å². The lowest BCUT2D eigenvalue weighted by Gasteiger charge is -2.05. The van der Waals surface area contributed by atoms with Gasteiger partial charge in [-0.15, -0.1) is 5.10 Å². The van der Waals surface area contributed by atoms with Crippen LogP contribution in [0.2, 0.25) is 0 Å². The van der Waals surface area contributed by atoms with Crippen molar-refractivity contribution in [1.82, 2.24) is 15.2 Å². The highest BCUT2D eigenvalue weighted by Crippen LogP contribution is 2.20. The molecule has 1 heterocycles. The van der Waals surface area contributed by atoms with E-state index in [-0.39, 0.29) is 17.6 Å². The van der Waals surface area contributed by atoms with Crippen molar-refractivity contribution in [3.05, 3.63) is 35.2 Å². The minimum Gasteiger partial charge on any atom is -0.508 e. The molecule has 0 fully saturated rings. The van der Waals surface area contributed by atoms with Crippen LogP contribution < -0.4 is 5.32 Å². The molecule has 1 aromatic heterocycles. The Bertz CT molecular complexity index is 562. The van der Waals surface area contributed by atoms with Crippen molar-refractivity contribution in [3.63, 3.8) is 0 Å². The van der Waals surface area contributed by atoms with Crippen LogP contribution in [0, 0.1) is 13.8 Å². The van der Waals surface area contributed by atoms with E-state index in [0.717, 1.165) is 0 Å². The number of nitrogens with zero attached hydrogens (tertiary/aromatic N) is 2. The van der Waals surface area contributed by atoms with Crippen LogP contribution in [0.15, 0.2) is 18.2 Å². The van der Waals surface area contributed by atoms with Crippen LogP contribution in [-0.4, -0.2) is 26.2 Å². The molecular formula is C11H12N4O2. The topological polar surface area (TPSA) is 90.9 Å². The summed E-state index contributed by atoms with van der Waals surface area (Å²) in [6.07, 6.45) is 0. The first-order valence-corrected chi connectivity index (χ1v) is 5.07. The molecule has 0 atom stereocenters. The van der Waals surface area contributed by atoms with Gasteiger partial charge in [-0.25, -0.2) is 0 Å². The number of amides is 1. The van der Waals surface area contributed by atoms with E-state index < -0.39 is 0 Å². The van der Waals surface area contributed by atoms with Crippen molar-refractivity contribution in [3.8, 4) is 5.75 Å². The summed E-state index contributed by atoms with van der Waals surface area (Å²) in [5.41, 5.74) is 0.921. The van der Waals surface area contributed by atoms with Crippen molar-refractivity contribution in [1.29, 1.82) is 0 Å². The van der Waals surface area contributed by atoms with Gasteiger partial charge in [0.05, 0.1) is 0 Å². The number of anilines is 1. The van der Waals surface area contributed by atoms with E-state index in [9.17, 15) is 9.90 Å². The number of hydrogen-bond donors (Lipinski definition) is 3. The number of aryl methyl sites for hydroxylation is 1. The summed E-state index contributed by atoms with van der Waals surface area (Å²) < 4.78 is 0. The highest BCUT2D eigenvalue weighted by molar-refractivity contribution is 6.04. The lowest BCUT2D eigenvalue weighted by molar-refractivity contribution is 0.102. The van der Waals surface area contributed by atoms with Gasteiger partial charge in [-0.3, -0.25) is 15.2 Å². The average molecular weight is 232 g/mol. The van der Waals surface area contributed by atoms with Crippen molar-refractivity contribution in [2.24, 2.45) is 0 Å². The van der Waals surface area contributed by atoms with E-state index in [1.807, 2.05) is 0 Å². The van der Waals surface area contributed by atoms with Crippen molar-refractivity contribution >= 4 is 11.9 Å². The number of nitrogens with one attached hydrogen (secondary N) is 2. The summed E-state index contributed by atoms with van der Waals surface area (Å²) in [7, 11) is 0. The Morgan fingerprint density at radius 3 is 2.82 bits per heavy atom. The molecular weight excluding hydrogens is 220 g/mol. The van der Waals surface area contributed by atoms with E-state index in [0.29, 0.717) is 17.0 Å². The molecule has 17 heavy (non-hydrogen) atoms. The molecule has 2 aromatic rings. The standard InChI is InChI=1S/C11H12N4O2/c1-6-8(4-3-5-9(6)16)10(17)13-11-12-7(2)14-15-11/h3-5,16H,1-2H3,(H2,12,13,14,15,17). The Balaban J connectivity index is 2.23. The number of aromatic amines is 1. The summed E-state index contributed by atoms with van der Waals surface area (Å²) in [4.78, 5) is 15.8. The summed E-state index contributed by atoms with van der Waals surface area (Å²) >= 11 is 0. The Kier molecular flexibility index (Phi) is 2.78. The predicted octanol–water partition coefficient (Wildman–Crippen LogP) is 1.38. The highest BCUT2D eigenvalue weighted by Gasteiger charge is 2.13. The monoisotopic (exact) mass is 232 g/mol. The number of carbonyl (C=O) groups excluding carboxylic acids is 1. The van der Waals surface area contributed by atoms with Crippen LogP contribution in [0.3, 0.4) is 0 Å². The van der Waals surface area contributed by atoms with E-state index in [1.165, 1.54) is 6.07 Å². The van der Waals surface area contributed by atoms with Gasteiger partial charge in [-0.05, 0) is 26.0 Å². The second-order valence-corrected chi connectivity index (χ2v) is 3.65. The molecule has 6 heteroatoms. The molecule has 0 aliphatic rings. The smallest absolute Gasteiger partial charge is 0.258 e. The number of aromatic hydroxyl groups is 1. The third-order valence-electron chi connectivity index (χ3n) is 2.37. The maximum atomic E-state index is 11.9. The van der Waals surface area contributed by atoms with Crippen LogP contribution in [0.4, 0.5) is 5.95 Å². The van der Waals surface area contributed by atoms with E-state index in [4.69, 9.17) is 0 Å². The molecule has 0 radical (unpaired) electrons. The van der Waals surface area contributed by atoms with Gasteiger partial charge in [0.1, 0.15) is 11.6 Å². The fourth-order valence-corrected chi connectivity index (χ4v) is 1.44. The summed E-state index contributed by atoms with van der Waals surface area (Å²) in [5.74, 6) is 0.574. The minimum absolute atomic E-state index is 0.0869. The third-order valence-corrected chi connectivity index (χ3v) is 2.37. The highest BCUT2D eigenvalue weighted by atomic mass is 16.3. The number of carbonyl (C=O) groups is 1. The number of aromatic nitrogens is 3. The molecule has 2 rings (SSSR count). The maximum Gasteiger partial charge on any atom is 0.258 e. The van der Waals surface area contributed by atoms with Gasteiger partial charge in [0.25, 0.3) is 5.91 Å². The fourth-order valence-electron chi connectivity index (χ4n) is 1.44. The number of rotatable bonds is 2. The molecule has 88 valence electrons. The Morgan fingerprint density at radius 2 is 2.18 bits per heavy atom. The molecule has 0 saturated carbocycles. The molecule has 3 N–H and O–H groups in total. The molecule has 1 aromatic carbocycles. The summed E-state index contributed by atoms with van der Waals surface area (Å²) in [6, 6.07) is 4.77. The van der Waals surface area contributed by atoms with Gasteiger partial charge in [-0.1, -0.05) is 6.07 Å². The largest absolute Gasteiger partial charge is 0.508 e. The fraction of sp³-hybridized carbons (Fsp3) is 0.182. The second kappa shape index (κ2) is 4.25. The number of H-pyrrole nitrogens is 1. The maximum absolute atomic E-state index is 11.9. The quantitative estimate of drug-likeness (QED) is 0.729. The van der Waals surface area contributed by atoms with Crippen molar-refractivity contribution in [2.75, 3.05) is 5.32 Å².